The highest BCUT2D eigenvalue weighted by Gasteiger charge is 2.58. The van der Waals surface area contributed by atoms with Crippen molar-refractivity contribution >= 4 is 29.8 Å². The smallest absolute Gasteiger partial charge is 0.333 e. The van der Waals surface area contributed by atoms with Crippen LogP contribution in [0.25, 0.3) is 0 Å². The summed E-state index contributed by atoms with van der Waals surface area (Å²) in [6.45, 7) is 11.0. The van der Waals surface area contributed by atoms with Gasteiger partial charge >= 0.3 is 29.8 Å². The van der Waals surface area contributed by atoms with Gasteiger partial charge in [-0.2, -0.15) is 0 Å². The van der Waals surface area contributed by atoms with E-state index in [1.165, 1.54) is 92.7 Å². The van der Waals surface area contributed by atoms with Crippen LogP contribution >= 0.6 is 0 Å². The standard InChI is InChI=1S/C49H72O26/c1-11-20(6)41(59)64-19-28-30(54)32(56)40(74-47-34(58)38(72-45(63)24(10)15-5)36(27(18-52)67-47)70-43(61)22(8)13-3)49(68-28)75-48-39(31(55)29(53)25(16-50)65-48)73-46-33(57)37(71-44(62)23(9)14-4)35(26(17-51)66-46)69-42(60)21(7)12-2/h11-15,25-40,46-58H,16-19H2,1-10H3/t25-,26-,27-,28-,29-,30-,31+,32+,33-,34-,35-,36-,37-,38-,39-,40-,46+,47+,48-,49-/m1/s1. The average Bonchev–Trinajstić information content (AvgIpc) is 3.41. The summed E-state index contributed by atoms with van der Waals surface area (Å²) in [5.74, 6) is -4.74. The molecule has 0 bridgehead atoms. The normalized spacial score (nSPS) is 37.3. The van der Waals surface area contributed by atoms with Crippen LogP contribution in [0.15, 0.2) is 58.2 Å². The van der Waals surface area contributed by atoms with E-state index in [4.69, 9.17) is 56.8 Å². The van der Waals surface area contributed by atoms with E-state index < -0.39 is 179 Å². The summed E-state index contributed by atoms with van der Waals surface area (Å²) in [5.41, 5.74) is 0.413. The maximum absolute atomic E-state index is 13.2. The van der Waals surface area contributed by atoms with Gasteiger partial charge in [0.2, 0.25) is 0 Å². The van der Waals surface area contributed by atoms with Crippen LogP contribution in [0.5, 0.6) is 0 Å². The SMILES string of the molecule is CC=C(C)C(=O)OC[C@H]1O[C@H](O[C@H]2O[C@H](CO)[C@@H](O)[C@H](O)[C@H]2O[C@@H]2O[C@H](CO)[C@@H](OC(=O)C(C)=CC)[C@H](OC(=O)C(C)=CC)[C@H]2O)[C@H](O[C@@H]2O[C@H](CO)[C@@H](OC(=O)C(C)=CC)[C@H](OC(=O)C(C)=CC)[C@H]2O)[C@@H](O)[C@@H]1O. The topological polar surface area (TPSA) is 378 Å². The fraction of sp³-hybridized carbons (Fsp3) is 0.694. The molecular weight excluding hydrogens is 1000 g/mol. The van der Waals surface area contributed by atoms with Gasteiger partial charge < -0.3 is 103 Å². The third-order valence-electron chi connectivity index (χ3n) is 13.0. The Morgan fingerprint density at radius 3 is 0.987 bits per heavy atom. The van der Waals surface area contributed by atoms with Crippen LogP contribution in [0.2, 0.25) is 0 Å². The van der Waals surface area contributed by atoms with Crippen molar-refractivity contribution in [2.75, 3.05) is 26.4 Å². The van der Waals surface area contributed by atoms with Crippen LogP contribution in [-0.2, 0) is 80.8 Å². The maximum atomic E-state index is 13.2. The third-order valence-corrected chi connectivity index (χ3v) is 13.0. The van der Waals surface area contributed by atoms with E-state index in [2.05, 4.69) is 0 Å². The first kappa shape index (κ1) is 62.9. The fourth-order valence-corrected chi connectivity index (χ4v) is 7.64. The summed E-state index contributed by atoms with van der Waals surface area (Å²) in [7, 11) is 0. The van der Waals surface area contributed by atoms with Crippen molar-refractivity contribution in [1.82, 2.24) is 0 Å². The number of allylic oxidation sites excluding steroid dienone is 5. The van der Waals surface area contributed by atoms with Crippen LogP contribution < -0.4 is 0 Å². The molecule has 4 aliphatic heterocycles. The predicted octanol–water partition coefficient (Wildman–Crippen LogP) is -2.16. The molecule has 4 saturated heterocycles. The van der Waals surface area contributed by atoms with E-state index in [0.717, 1.165) is 0 Å². The number of aliphatic hydroxyl groups is 9. The zero-order chi connectivity index (χ0) is 56.2. The first-order chi connectivity index (χ1) is 35.5. The van der Waals surface area contributed by atoms with E-state index in [-0.39, 0.29) is 27.9 Å². The lowest BCUT2D eigenvalue weighted by Crippen LogP contribution is -2.68. The van der Waals surface area contributed by atoms with Gasteiger partial charge in [0, 0.05) is 27.9 Å². The molecule has 20 atom stereocenters. The van der Waals surface area contributed by atoms with E-state index in [0.29, 0.717) is 0 Å². The van der Waals surface area contributed by atoms with E-state index >= 15 is 0 Å². The van der Waals surface area contributed by atoms with Gasteiger partial charge in [-0.05, 0) is 69.2 Å². The Bertz CT molecular complexity index is 2120. The van der Waals surface area contributed by atoms with E-state index in [1.54, 1.807) is 6.92 Å². The van der Waals surface area contributed by atoms with Gasteiger partial charge in [-0.15, -0.1) is 0 Å². The molecule has 0 amide bonds. The lowest BCUT2D eigenvalue weighted by atomic mass is 9.96. The minimum atomic E-state index is -2.19. The molecule has 9 N–H and O–H groups in total. The zero-order valence-electron chi connectivity index (χ0n) is 43.2. The Balaban J connectivity index is 1.80. The molecule has 4 aliphatic rings. The molecule has 0 radical (unpaired) electrons. The number of carbonyl (C=O) groups excluding carboxylic acids is 5. The summed E-state index contributed by atoms with van der Waals surface area (Å²) in [6, 6.07) is 0. The fourth-order valence-electron chi connectivity index (χ4n) is 7.64. The van der Waals surface area contributed by atoms with Crippen molar-refractivity contribution in [3.8, 4) is 0 Å². The first-order valence-corrected chi connectivity index (χ1v) is 24.1. The third kappa shape index (κ3) is 15.1. The summed E-state index contributed by atoms with van der Waals surface area (Å²) in [5, 5.41) is 101. The molecule has 0 aromatic carbocycles. The first-order valence-electron chi connectivity index (χ1n) is 24.1. The largest absolute Gasteiger partial charge is 0.459 e. The lowest BCUT2D eigenvalue weighted by molar-refractivity contribution is -0.414. The number of carbonyl (C=O) groups is 5. The number of aliphatic hydroxyl groups excluding tert-OH is 9. The van der Waals surface area contributed by atoms with Crippen molar-refractivity contribution < 1.29 is 127 Å². The highest BCUT2D eigenvalue weighted by atomic mass is 16.8. The molecule has 4 heterocycles. The minimum absolute atomic E-state index is 0.0456. The van der Waals surface area contributed by atoms with Crippen molar-refractivity contribution in [3.05, 3.63) is 58.2 Å². The molecule has 75 heavy (non-hydrogen) atoms. The molecule has 0 unspecified atom stereocenters. The van der Waals surface area contributed by atoms with Crippen molar-refractivity contribution in [2.45, 2.75) is 192 Å². The molecular formula is C49H72O26. The van der Waals surface area contributed by atoms with Crippen LogP contribution in [0, 0.1) is 0 Å². The van der Waals surface area contributed by atoms with Gasteiger partial charge in [-0.3, -0.25) is 0 Å². The molecule has 0 spiro atoms. The second kappa shape index (κ2) is 28.7. The van der Waals surface area contributed by atoms with Crippen molar-refractivity contribution in [3.63, 3.8) is 0 Å². The molecule has 26 heteroatoms. The monoisotopic (exact) mass is 1080 g/mol. The highest BCUT2D eigenvalue weighted by molar-refractivity contribution is 5.90. The molecule has 0 saturated carbocycles. The molecule has 424 valence electrons. The predicted molar refractivity (Wildman–Crippen MR) is 250 cm³/mol. The number of ether oxygens (including phenoxy) is 12. The number of esters is 5. The van der Waals surface area contributed by atoms with Crippen LogP contribution in [0.3, 0.4) is 0 Å². The molecule has 26 nitrogen and oxygen atoms in total. The van der Waals surface area contributed by atoms with Crippen molar-refractivity contribution in [1.29, 1.82) is 0 Å². The van der Waals surface area contributed by atoms with Gasteiger partial charge in [-0.25, -0.2) is 24.0 Å². The Morgan fingerprint density at radius 1 is 0.360 bits per heavy atom. The second-order valence-corrected chi connectivity index (χ2v) is 17.9. The zero-order valence-corrected chi connectivity index (χ0v) is 43.2. The quantitative estimate of drug-likeness (QED) is 0.0356. The van der Waals surface area contributed by atoms with Gasteiger partial charge in [0.05, 0.1) is 19.8 Å². The van der Waals surface area contributed by atoms with E-state index in [1.807, 2.05) is 0 Å². The Morgan fingerprint density at radius 2 is 0.653 bits per heavy atom. The van der Waals surface area contributed by atoms with Gasteiger partial charge in [0.25, 0.3) is 0 Å². The van der Waals surface area contributed by atoms with Gasteiger partial charge in [0.15, 0.2) is 49.6 Å². The molecule has 0 aromatic heterocycles. The van der Waals surface area contributed by atoms with E-state index in [9.17, 15) is 69.9 Å². The second-order valence-electron chi connectivity index (χ2n) is 17.9. The molecule has 4 rings (SSSR count). The summed E-state index contributed by atoms with van der Waals surface area (Å²) in [4.78, 5) is 65.1. The minimum Gasteiger partial charge on any atom is -0.459 e. The molecule has 0 aromatic rings. The summed E-state index contributed by atoms with van der Waals surface area (Å²) >= 11 is 0. The summed E-state index contributed by atoms with van der Waals surface area (Å²) in [6.07, 6.45) is -32.1. The number of hydrogen-bond donors (Lipinski definition) is 9. The average molecular weight is 1080 g/mol. The summed E-state index contributed by atoms with van der Waals surface area (Å²) < 4.78 is 69.5. The Kier molecular flexibility index (Phi) is 24.1. The van der Waals surface area contributed by atoms with Gasteiger partial charge in [0.1, 0.15) is 79.9 Å². The lowest BCUT2D eigenvalue weighted by Gasteiger charge is -2.49. The molecule has 0 aliphatic carbocycles. The molecule has 4 fully saturated rings. The Hall–Kier alpha value is -4.59. The van der Waals surface area contributed by atoms with Crippen molar-refractivity contribution in [2.24, 2.45) is 0 Å². The maximum Gasteiger partial charge on any atom is 0.333 e. The van der Waals surface area contributed by atoms with Crippen LogP contribution in [-0.4, -0.2) is 225 Å². The number of hydrogen-bond acceptors (Lipinski definition) is 26. The highest BCUT2D eigenvalue weighted by Crippen LogP contribution is 2.37. The Labute approximate surface area is 432 Å². The van der Waals surface area contributed by atoms with Gasteiger partial charge in [-0.1, -0.05) is 30.4 Å². The number of rotatable bonds is 20. The van der Waals surface area contributed by atoms with Crippen LogP contribution in [0.4, 0.5) is 0 Å². The van der Waals surface area contributed by atoms with Crippen LogP contribution in [0.1, 0.15) is 69.2 Å².